The van der Waals surface area contributed by atoms with Crippen molar-refractivity contribution in [3.8, 4) is 0 Å². The fraction of sp³-hybridized carbons (Fsp3) is 0.261. The van der Waals surface area contributed by atoms with E-state index in [0.717, 1.165) is 16.5 Å². The Hall–Kier alpha value is -3.16. The molecule has 0 aliphatic heterocycles. The van der Waals surface area contributed by atoms with E-state index in [1.165, 1.54) is 6.21 Å². The van der Waals surface area contributed by atoms with Crippen LogP contribution in [0.2, 0.25) is 5.02 Å². The highest BCUT2D eigenvalue weighted by molar-refractivity contribution is 6.31. The van der Waals surface area contributed by atoms with E-state index in [2.05, 4.69) is 10.3 Å². The molecule has 0 radical (unpaired) electrons. The number of halogens is 1. The maximum Gasteiger partial charge on any atom is 0.268 e. The van der Waals surface area contributed by atoms with Crippen LogP contribution in [0.15, 0.2) is 42.1 Å². The molecule has 1 aromatic carbocycles. The lowest BCUT2D eigenvalue weighted by Crippen LogP contribution is -2.26. The number of nitrogens with one attached hydrogen (secondary N) is 2. The highest BCUT2D eigenvalue weighted by atomic mass is 35.5. The second-order valence-corrected chi connectivity index (χ2v) is 8.33. The number of allylic oxidation sites excluding steroid dienone is 2. The van der Waals surface area contributed by atoms with Crippen LogP contribution in [0.1, 0.15) is 47.1 Å². The van der Waals surface area contributed by atoms with E-state index in [0.29, 0.717) is 46.2 Å². The lowest BCUT2D eigenvalue weighted by molar-refractivity contribution is 0.0941. The third-order valence-corrected chi connectivity index (χ3v) is 6.08. The first-order valence-corrected chi connectivity index (χ1v) is 10.3. The second kappa shape index (κ2) is 7.83. The van der Waals surface area contributed by atoms with Crippen molar-refractivity contribution < 1.29 is 9.90 Å². The Morgan fingerprint density at radius 1 is 1.39 bits per heavy atom. The summed E-state index contributed by atoms with van der Waals surface area (Å²) < 4.78 is 1.71. The number of pyridine rings is 1. The van der Waals surface area contributed by atoms with Gasteiger partial charge < -0.3 is 26.1 Å². The molecule has 0 bridgehead atoms. The second-order valence-electron chi connectivity index (χ2n) is 7.92. The summed E-state index contributed by atoms with van der Waals surface area (Å²) in [6, 6.07) is 10.8. The predicted octanol–water partition coefficient (Wildman–Crippen LogP) is 3.48. The average molecular weight is 438 g/mol. The van der Waals surface area contributed by atoms with Gasteiger partial charge in [0, 0.05) is 41.5 Å². The molecule has 1 amide bonds. The number of carbonyl (C=O) groups is 1. The van der Waals surface area contributed by atoms with Crippen molar-refractivity contribution in [2.45, 2.75) is 31.9 Å². The number of aryl methyl sites for hydroxylation is 1. The van der Waals surface area contributed by atoms with Crippen molar-refractivity contribution in [1.29, 1.82) is 5.41 Å². The normalized spacial score (nSPS) is 15.5. The minimum Gasteiger partial charge on any atom is -0.402 e. The van der Waals surface area contributed by atoms with Crippen LogP contribution in [0.5, 0.6) is 0 Å². The summed E-state index contributed by atoms with van der Waals surface area (Å²) in [5, 5.41) is 22.4. The Bertz CT molecular complexity index is 1240. The molecule has 2 heterocycles. The standard InChI is InChI=1S/C23H24ClN5O2/c1-13(26)15(11-25)19-7-6-14-10-20(29(2)21(14)28-19)22(30)27-12-16-17(23(31)8-9-23)4-3-5-18(16)24/h3-7,10-11,25,31H,8-9,12,26H2,1-2H3,(H,27,30)/b15-13+,25-11?. The van der Waals surface area contributed by atoms with Gasteiger partial charge in [0.15, 0.2) is 0 Å². The Balaban J connectivity index is 1.62. The van der Waals surface area contributed by atoms with E-state index in [-0.39, 0.29) is 12.5 Å². The average Bonchev–Trinajstić information content (AvgIpc) is 3.40. The molecule has 1 aliphatic rings. The van der Waals surface area contributed by atoms with Gasteiger partial charge in [0.1, 0.15) is 11.3 Å². The van der Waals surface area contributed by atoms with Crippen molar-refractivity contribution in [3.05, 3.63) is 69.6 Å². The fourth-order valence-electron chi connectivity index (χ4n) is 3.78. The highest BCUT2D eigenvalue weighted by Gasteiger charge is 2.43. The van der Waals surface area contributed by atoms with Gasteiger partial charge in [-0.15, -0.1) is 0 Å². The molecule has 1 aliphatic carbocycles. The Morgan fingerprint density at radius 2 is 2.13 bits per heavy atom. The summed E-state index contributed by atoms with van der Waals surface area (Å²) in [4.78, 5) is 17.5. The maximum absolute atomic E-state index is 12.9. The molecule has 0 spiro atoms. The van der Waals surface area contributed by atoms with Crippen molar-refractivity contribution >= 4 is 40.3 Å². The molecule has 0 unspecified atom stereocenters. The zero-order valence-electron chi connectivity index (χ0n) is 17.4. The van der Waals surface area contributed by atoms with Gasteiger partial charge in [-0.25, -0.2) is 4.98 Å². The maximum atomic E-state index is 12.9. The lowest BCUT2D eigenvalue weighted by Gasteiger charge is -2.16. The lowest BCUT2D eigenvalue weighted by atomic mass is 10.0. The fourth-order valence-corrected chi connectivity index (χ4v) is 4.02. The molecule has 8 heteroatoms. The zero-order valence-corrected chi connectivity index (χ0v) is 18.1. The highest BCUT2D eigenvalue weighted by Crippen LogP contribution is 2.47. The first-order chi connectivity index (χ1) is 14.7. The minimum absolute atomic E-state index is 0.212. The molecular formula is C23H24ClN5O2. The molecule has 0 atom stereocenters. The number of hydrogen-bond donors (Lipinski definition) is 4. The number of amides is 1. The number of rotatable bonds is 6. The van der Waals surface area contributed by atoms with Gasteiger partial charge in [-0.2, -0.15) is 0 Å². The number of hydrogen-bond acceptors (Lipinski definition) is 5. The molecule has 31 heavy (non-hydrogen) atoms. The van der Waals surface area contributed by atoms with E-state index in [4.69, 9.17) is 22.7 Å². The van der Waals surface area contributed by atoms with Gasteiger partial charge >= 0.3 is 0 Å². The van der Waals surface area contributed by atoms with E-state index < -0.39 is 5.60 Å². The molecule has 7 nitrogen and oxygen atoms in total. The van der Waals surface area contributed by atoms with Crippen LogP contribution >= 0.6 is 11.6 Å². The van der Waals surface area contributed by atoms with Crippen molar-refractivity contribution in [3.63, 3.8) is 0 Å². The molecule has 160 valence electrons. The van der Waals surface area contributed by atoms with Crippen LogP contribution in [-0.2, 0) is 19.2 Å². The van der Waals surface area contributed by atoms with Gasteiger partial charge in [0.2, 0.25) is 0 Å². The minimum atomic E-state index is -0.841. The monoisotopic (exact) mass is 437 g/mol. The number of aliphatic hydroxyl groups is 1. The van der Waals surface area contributed by atoms with Gasteiger partial charge in [0.25, 0.3) is 5.91 Å². The topological polar surface area (TPSA) is 117 Å². The number of aromatic nitrogens is 2. The molecule has 5 N–H and O–H groups in total. The molecule has 4 rings (SSSR count). The number of carbonyl (C=O) groups excluding carboxylic acids is 1. The summed E-state index contributed by atoms with van der Waals surface area (Å²) in [5.41, 5.74) is 9.21. The zero-order chi connectivity index (χ0) is 22.3. The van der Waals surface area contributed by atoms with E-state index in [1.807, 2.05) is 18.2 Å². The van der Waals surface area contributed by atoms with Crippen LogP contribution in [0.4, 0.5) is 0 Å². The molecule has 1 fully saturated rings. The first-order valence-electron chi connectivity index (χ1n) is 9.97. The Morgan fingerprint density at radius 3 is 2.77 bits per heavy atom. The van der Waals surface area contributed by atoms with Gasteiger partial charge in [-0.3, -0.25) is 4.79 Å². The van der Waals surface area contributed by atoms with Crippen LogP contribution in [-0.4, -0.2) is 26.8 Å². The van der Waals surface area contributed by atoms with Crippen molar-refractivity contribution in [2.75, 3.05) is 0 Å². The number of fused-ring (bicyclic) bond motifs is 1. The van der Waals surface area contributed by atoms with Gasteiger partial charge in [-0.1, -0.05) is 23.7 Å². The molecule has 2 aromatic heterocycles. The van der Waals surface area contributed by atoms with Gasteiger partial charge in [0.05, 0.1) is 11.3 Å². The molecule has 0 saturated heterocycles. The predicted molar refractivity (Wildman–Crippen MR) is 122 cm³/mol. The van der Waals surface area contributed by atoms with E-state index in [9.17, 15) is 9.90 Å². The first kappa shape index (κ1) is 21.1. The van der Waals surface area contributed by atoms with Crippen molar-refractivity contribution in [1.82, 2.24) is 14.9 Å². The Labute approximate surface area is 185 Å². The summed E-state index contributed by atoms with van der Waals surface area (Å²) >= 11 is 6.36. The summed E-state index contributed by atoms with van der Waals surface area (Å²) in [6.45, 7) is 1.93. The van der Waals surface area contributed by atoms with Crippen LogP contribution in [0.3, 0.4) is 0 Å². The number of benzene rings is 1. The SMILES string of the molecule is C/C(N)=C(/C=N)c1ccc2cc(C(=O)NCc3c(Cl)cccc3C3(O)CC3)n(C)c2n1. The van der Waals surface area contributed by atoms with E-state index in [1.54, 1.807) is 36.7 Å². The van der Waals surface area contributed by atoms with Crippen LogP contribution in [0.25, 0.3) is 16.6 Å². The summed E-state index contributed by atoms with van der Waals surface area (Å²) in [7, 11) is 1.77. The summed E-state index contributed by atoms with van der Waals surface area (Å²) in [5.74, 6) is -0.270. The quantitative estimate of drug-likeness (QED) is 0.441. The van der Waals surface area contributed by atoms with Crippen LogP contribution < -0.4 is 11.1 Å². The largest absolute Gasteiger partial charge is 0.402 e. The number of nitrogens with two attached hydrogens (primary N) is 1. The summed E-state index contributed by atoms with van der Waals surface area (Å²) in [6.07, 6.45) is 2.56. The molecule has 1 saturated carbocycles. The molecule has 3 aromatic rings. The van der Waals surface area contributed by atoms with Crippen LogP contribution in [0, 0.1) is 5.41 Å². The number of nitrogens with zero attached hydrogens (tertiary/aromatic N) is 2. The molecular weight excluding hydrogens is 414 g/mol. The van der Waals surface area contributed by atoms with Crippen molar-refractivity contribution in [2.24, 2.45) is 12.8 Å². The third kappa shape index (κ3) is 3.82. The van der Waals surface area contributed by atoms with E-state index >= 15 is 0 Å². The van der Waals surface area contributed by atoms with Gasteiger partial charge in [-0.05, 0) is 55.2 Å². The third-order valence-electron chi connectivity index (χ3n) is 5.72. The smallest absolute Gasteiger partial charge is 0.268 e. The Kier molecular flexibility index (Phi) is 5.33.